The number of ether oxygens (including phenoxy) is 3. The number of hydrogen-bond acceptors (Lipinski definition) is 5. The van der Waals surface area contributed by atoms with Crippen molar-refractivity contribution in [2.24, 2.45) is 0 Å². The summed E-state index contributed by atoms with van der Waals surface area (Å²) in [5, 5.41) is 0. The number of carbonyl (C=O) groups is 1. The number of nitrogens with zero attached hydrogens (tertiary/aromatic N) is 1. The zero-order chi connectivity index (χ0) is 13.7. The van der Waals surface area contributed by atoms with Crippen molar-refractivity contribution in [3.05, 3.63) is 27.1 Å². The van der Waals surface area contributed by atoms with E-state index in [0.717, 1.165) is 29.4 Å². The quantitative estimate of drug-likeness (QED) is 0.596. The summed E-state index contributed by atoms with van der Waals surface area (Å²) >= 11 is 2.14. The Bertz CT molecular complexity index is 446. The summed E-state index contributed by atoms with van der Waals surface area (Å²) in [4.78, 5) is 15.7. The summed E-state index contributed by atoms with van der Waals surface area (Å²) in [6.07, 6.45) is 2.97. The molecule has 0 saturated carbocycles. The monoisotopic (exact) mass is 377 g/mol. The number of hydrogen-bond donors (Lipinski definition) is 0. The highest BCUT2D eigenvalue weighted by Gasteiger charge is 2.15. The molecule has 0 spiro atoms. The number of esters is 1. The van der Waals surface area contributed by atoms with Gasteiger partial charge in [0.05, 0.1) is 19.4 Å². The summed E-state index contributed by atoms with van der Waals surface area (Å²) in [5.74, 6) is -0.436. The molecule has 2 heterocycles. The van der Waals surface area contributed by atoms with Crippen LogP contribution in [0.25, 0.3) is 0 Å². The molecule has 2 rings (SSSR count). The van der Waals surface area contributed by atoms with Crippen LogP contribution in [0.4, 0.5) is 0 Å². The van der Waals surface area contributed by atoms with Gasteiger partial charge in [-0.2, -0.15) is 0 Å². The summed E-state index contributed by atoms with van der Waals surface area (Å²) in [7, 11) is 1.34. The Morgan fingerprint density at radius 2 is 2.37 bits per heavy atom. The van der Waals surface area contributed by atoms with Crippen molar-refractivity contribution in [1.82, 2.24) is 4.98 Å². The van der Waals surface area contributed by atoms with Crippen molar-refractivity contribution < 1.29 is 19.0 Å². The molecule has 19 heavy (non-hydrogen) atoms. The largest absolute Gasteiger partial charge is 0.464 e. The second kappa shape index (κ2) is 7.16. The fourth-order valence-corrected chi connectivity index (χ4v) is 2.51. The van der Waals surface area contributed by atoms with Crippen molar-refractivity contribution in [3.63, 3.8) is 0 Å². The Morgan fingerprint density at radius 3 is 3.05 bits per heavy atom. The number of rotatable bonds is 4. The molecule has 0 aliphatic carbocycles. The Balaban J connectivity index is 1.99. The van der Waals surface area contributed by atoms with Crippen LogP contribution in [0.1, 0.15) is 35.4 Å². The van der Waals surface area contributed by atoms with Gasteiger partial charge in [0.25, 0.3) is 0 Å². The molecule has 1 atom stereocenters. The van der Waals surface area contributed by atoms with Crippen LogP contribution in [0.5, 0.6) is 0 Å². The third-order valence-electron chi connectivity index (χ3n) is 2.79. The molecule has 1 aromatic heterocycles. The number of aromatic nitrogens is 1. The lowest BCUT2D eigenvalue weighted by molar-refractivity contribution is -0.169. The predicted molar refractivity (Wildman–Crippen MR) is 76.7 cm³/mol. The molecule has 1 aliphatic heterocycles. The highest BCUT2D eigenvalue weighted by molar-refractivity contribution is 14.1. The summed E-state index contributed by atoms with van der Waals surface area (Å²) < 4.78 is 16.7. The standard InChI is InChI=1S/C13H16INO4/c1-17-13(16)11-7-9(14)6-10(15-11)8-19-12-4-2-3-5-18-12/h6-7,12H,2-5,8H2,1H3. The first-order chi connectivity index (χ1) is 9.19. The molecule has 0 bridgehead atoms. The van der Waals surface area contributed by atoms with Gasteiger partial charge in [0.1, 0.15) is 5.69 Å². The van der Waals surface area contributed by atoms with Gasteiger partial charge < -0.3 is 14.2 Å². The molecule has 1 saturated heterocycles. The number of methoxy groups -OCH3 is 1. The molecule has 0 amide bonds. The van der Waals surface area contributed by atoms with E-state index in [1.54, 1.807) is 6.07 Å². The summed E-state index contributed by atoms with van der Waals surface area (Å²) in [6.45, 7) is 1.09. The minimum atomic E-state index is -0.436. The molecule has 6 heteroatoms. The van der Waals surface area contributed by atoms with Gasteiger partial charge in [-0.1, -0.05) is 0 Å². The van der Waals surface area contributed by atoms with Crippen LogP contribution in [0.3, 0.4) is 0 Å². The minimum absolute atomic E-state index is 0.157. The van der Waals surface area contributed by atoms with Crippen LogP contribution in [-0.2, 0) is 20.8 Å². The molecule has 1 fully saturated rings. The number of halogens is 1. The van der Waals surface area contributed by atoms with E-state index in [1.807, 2.05) is 6.07 Å². The van der Waals surface area contributed by atoms with E-state index < -0.39 is 5.97 Å². The highest BCUT2D eigenvalue weighted by Crippen LogP contribution is 2.16. The normalized spacial score (nSPS) is 19.2. The lowest BCUT2D eigenvalue weighted by Gasteiger charge is -2.22. The molecule has 0 aromatic carbocycles. The molecule has 5 nitrogen and oxygen atoms in total. The molecule has 1 unspecified atom stereocenters. The van der Waals surface area contributed by atoms with Crippen LogP contribution in [0.2, 0.25) is 0 Å². The highest BCUT2D eigenvalue weighted by atomic mass is 127. The Hall–Kier alpha value is -0.730. The van der Waals surface area contributed by atoms with E-state index in [2.05, 4.69) is 32.3 Å². The Morgan fingerprint density at radius 1 is 1.53 bits per heavy atom. The Labute approximate surface area is 125 Å². The lowest BCUT2D eigenvalue weighted by atomic mass is 10.2. The zero-order valence-electron chi connectivity index (χ0n) is 10.7. The van der Waals surface area contributed by atoms with Gasteiger partial charge in [-0.25, -0.2) is 9.78 Å². The van der Waals surface area contributed by atoms with Gasteiger partial charge in [0.2, 0.25) is 0 Å². The van der Waals surface area contributed by atoms with E-state index >= 15 is 0 Å². The molecular formula is C13H16INO4. The number of carbonyl (C=O) groups excluding carboxylic acids is 1. The van der Waals surface area contributed by atoms with Crippen LogP contribution in [0, 0.1) is 3.57 Å². The van der Waals surface area contributed by atoms with Crippen molar-refractivity contribution in [2.75, 3.05) is 13.7 Å². The third kappa shape index (κ3) is 4.39. The zero-order valence-corrected chi connectivity index (χ0v) is 12.9. The van der Waals surface area contributed by atoms with E-state index in [4.69, 9.17) is 9.47 Å². The maximum absolute atomic E-state index is 11.5. The van der Waals surface area contributed by atoms with Gasteiger partial charge in [0, 0.05) is 10.2 Å². The van der Waals surface area contributed by atoms with E-state index in [-0.39, 0.29) is 6.29 Å². The van der Waals surface area contributed by atoms with Crippen molar-refractivity contribution in [2.45, 2.75) is 32.2 Å². The van der Waals surface area contributed by atoms with Crippen molar-refractivity contribution >= 4 is 28.6 Å². The van der Waals surface area contributed by atoms with Gasteiger partial charge >= 0.3 is 5.97 Å². The van der Waals surface area contributed by atoms with Crippen molar-refractivity contribution in [3.8, 4) is 0 Å². The molecule has 104 valence electrons. The van der Waals surface area contributed by atoms with Crippen LogP contribution >= 0.6 is 22.6 Å². The lowest BCUT2D eigenvalue weighted by Crippen LogP contribution is -2.22. The SMILES string of the molecule is COC(=O)c1cc(I)cc(COC2CCCCO2)n1. The first-order valence-electron chi connectivity index (χ1n) is 6.17. The van der Waals surface area contributed by atoms with Crippen LogP contribution in [-0.4, -0.2) is 31.0 Å². The average molecular weight is 377 g/mol. The fourth-order valence-electron chi connectivity index (χ4n) is 1.85. The fraction of sp³-hybridized carbons (Fsp3) is 0.538. The molecular weight excluding hydrogens is 361 g/mol. The molecule has 0 N–H and O–H groups in total. The second-order valence-corrected chi connectivity index (χ2v) is 5.51. The second-order valence-electron chi connectivity index (χ2n) is 4.26. The Kier molecular flexibility index (Phi) is 5.53. The maximum atomic E-state index is 11.5. The van der Waals surface area contributed by atoms with E-state index in [9.17, 15) is 4.79 Å². The summed E-state index contributed by atoms with van der Waals surface area (Å²) in [6, 6.07) is 3.57. The third-order valence-corrected chi connectivity index (χ3v) is 3.42. The first-order valence-corrected chi connectivity index (χ1v) is 7.25. The van der Waals surface area contributed by atoms with Gasteiger partial charge in [0.15, 0.2) is 6.29 Å². The van der Waals surface area contributed by atoms with Gasteiger partial charge in [-0.3, -0.25) is 0 Å². The van der Waals surface area contributed by atoms with E-state index in [1.165, 1.54) is 7.11 Å². The topological polar surface area (TPSA) is 57.7 Å². The number of pyridine rings is 1. The van der Waals surface area contributed by atoms with E-state index in [0.29, 0.717) is 18.0 Å². The van der Waals surface area contributed by atoms with Crippen molar-refractivity contribution in [1.29, 1.82) is 0 Å². The van der Waals surface area contributed by atoms with Crippen LogP contribution in [0.15, 0.2) is 12.1 Å². The molecule has 0 radical (unpaired) electrons. The first kappa shape index (κ1) is 14.7. The van der Waals surface area contributed by atoms with Gasteiger partial charge in [-0.15, -0.1) is 0 Å². The smallest absolute Gasteiger partial charge is 0.356 e. The van der Waals surface area contributed by atoms with Gasteiger partial charge in [-0.05, 0) is 54.0 Å². The maximum Gasteiger partial charge on any atom is 0.356 e. The van der Waals surface area contributed by atoms with Crippen LogP contribution < -0.4 is 0 Å². The predicted octanol–water partition coefficient (Wildman–Crippen LogP) is 2.52. The average Bonchev–Trinajstić information content (AvgIpc) is 2.45. The summed E-state index contributed by atoms with van der Waals surface area (Å²) in [5.41, 5.74) is 1.01. The molecule has 1 aromatic rings. The molecule has 1 aliphatic rings. The minimum Gasteiger partial charge on any atom is -0.464 e.